The molecule has 0 N–H and O–H groups in total. The van der Waals surface area contributed by atoms with Crippen molar-refractivity contribution in [3.05, 3.63) is 22.2 Å². The summed E-state index contributed by atoms with van der Waals surface area (Å²) < 4.78 is 10.5. The highest BCUT2D eigenvalue weighted by Crippen LogP contribution is 2.33. The molecule has 80 valence electrons. The van der Waals surface area contributed by atoms with Gasteiger partial charge < -0.3 is 9.47 Å². The van der Waals surface area contributed by atoms with Gasteiger partial charge in [0, 0.05) is 11.6 Å². The maximum atomic E-state index is 11.3. The molecule has 15 heavy (non-hydrogen) atoms. The van der Waals surface area contributed by atoms with Gasteiger partial charge in [0.05, 0.1) is 18.7 Å². The molecule has 0 aliphatic carbocycles. The van der Waals surface area contributed by atoms with Crippen molar-refractivity contribution in [2.75, 3.05) is 14.2 Å². The SMILES string of the molecule is COc1cc(OC)c(Br)c(C(=O)C=O)c1. The monoisotopic (exact) mass is 272 g/mol. The summed E-state index contributed by atoms with van der Waals surface area (Å²) in [6, 6.07) is 3.09. The largest absolute Gasteiger partial charge is 0.497 e. The highest BCUT2D eigenvalue weighted by Gasteiger charge is 2.15. The van der Waals surface area contributed by atoms with Gasteiger partial charge in [0.2, 0.25) is 5.78 Å². The Bertz CT molecular complexity index is 401. The predicted molar refractivity (Wildman–Crippen MR) is 57.6 cm³/mol. The summed E-state index contributed by atoms with van der Waals surface area (Å²) in [5.74, 6) is 0.277. The highest BCUT2D eigenvalue weighted by molar-refractivity contribution is 9.10. The summed E-state index contributed by atoms with van der Waals surface area (Å²) in [5.41, 5.74) is 0.223. The van der Waals surface area contributed by atoms with Crippen molar-refractivity contribution in [3.8, 4) is 11.5 Å². The molecule has 0 saturated heterocycles. The van der Waals surface area contributed by atoms with E-state index in [1.807, 2.05) is 0 Å². The van der Waals surface area contributed by atoms with Gasteiger partial charge in [-0.05, 0) is 22.0 Å². The summed E-state index contributed by atoms with van der Waals surface area (Å²) in [7, 11) is 2.94. The Labute approximate surface area is 95.3 Å². The number of ketones is 1. The molecule has 0 fully saturated rings. The first-order valence-corrected chi connectivity index (χ1v) is 4.84. The number of benzene rings is 1. The number of carbonyl (C=O) groups is 2. The lowest BCUT2D eigenvalue weighted by Gasteiger charge is -2.09. The summed E-state index contributed by atoms with van der Waals surface area (Å²) in [6.07, 6.45) is 0.249. The number of rotatable bonds is 4. The second kappa shape index (κ2) is 4.93. The molecule has 0 radical (unpaired) electrons. The summed E-state index contributed by atoms with van der Waals surface area (Å²) in [5, 5.41) is 0. The van der Waals surface area contributed by atoms with E-state index in [-0.39, 0.29) is 11.8 Å². The third-order valence-corrected chi connectivity index (χ3v) is 2.66. The molecule has 0 aliphatic rings. The van der Waals surface area contributed by atoms with Gasteiger partial charge in [0.1, 0.15) is 11.5 Å². The first-order valence-electron chi connectivity index (χ1n) is 4.05. The smallest absolute Gasteiger partial charge is 0.226 e. The maximum Gasteiger partial charge on any atom is 0.226 e. The van der Waals surface area contributed by atoms with Crippen LogP contribution in [0.25, 0.3) is 0 Å². The van der Waals surface area contributed by atoms with E-state index in [0.717, 1.165) is 0 Å². The second-order valence-corrected chi connectivity index (χ2v) is 3.47. The van der Waals surface area contributed by atoms with Gasteiger partial charge in [-0.3, -0.25) is 9.59 Å². The van der Waals surface area contributed by atoms with Crippen molar-refractivity contribution in [2.24, 2.45) is 0 Å². The molecule has 5 heteroatoms. The third-order valence-electron chi connectivity index (χ3n) is 1.84. The van der Waals surface area contributed by atoms with Crippen molar-refractivity contribution in [2.45, 2.75) is 0 Å². The molecule has 1 aromatic rings. The molecule has 0 unspecified atom stereocenters. The summed E-state index contributed by atoms with van der Waals surface area (Å²) in [6.45, 7) is 0. The van der Waals surface area contributed by atoms with Crippen LogP contribution in [0.15, 0.2) is 16.6 Å². The molecule has 0 heterocycles. The molecular formula is C10H9BrO4. The molecule has 4 nitrogen and oxygen atoms in total. The Balaban J connectivity index is 3.36. The average molecular weight is 273 g/mol. The van der Waals surface area contributed by atoms with Crippen molar-refractivity contribution in [3.63, 3.8) is 0 Å². The van der Waals surface area contributed by atoms with Crippen LogP contribution in [0.3, 0.4) is 0 Å². The average Bonchev–Trinajstić information content (AvgIpc) is 2.28. The summed E-state index contributed by atoms with van der Waals surface area (Å²) >= 11 is 3.19. The van der Waals surface area contributed by atoms with E-state index in [9.17, 15) is 9.59 Å². The standard InChI is InChI=1S/C10H9BrO4/c1-14-6-3-7(8(13)5-12)10(11)9(4-6)15-2/h3-5H,1-2H3. The van der Waals surface area contributed by atoms with Gasteiger partial charge in [0.25, 0.3) is 0 Å². The van der Waals surface area contributed by atoms with Crippen molar-refractivity contribution < 1.29 is 19.1 Å². The molecule has 1 rings (SSSR count). The number of carbonyl (C=O) groups excluding carboxylic acids is 2. The van der Waals surface area contributed by atoms with Crippen LogP contribution in [-0.2, 0) is 4.79 Å². The maximum absolute atomic E-state index is 11.3. The van der Waals surface area contributed by atoms with E-state index in [0.29, 0.717) is 16.0 Å². The third kappa shape index (κ3) is 2.36. The van der Waals surface area contributed by atoms with Crippen LogP contribution in [0.1, 0.15) is 10.4 Å². The minimum absolute atomic E-state index is 0.223. The first kappa shape index (κ1) is 11.7. The van der Waals surface area contributed by atoms with Crippen molar-refractivity contribution in [1.29, 1.82) is 0 Å². The zero-order chi connectivity index (χ0) is 11.4. The molecule has 0 saturated carbocycles. The minimum Gasteiger partial charge on any atom is -0.497 e. The van der Waals surface area contributed by atoms with E-state index in [1.165, 1.54) is 20.3 Å². The Morgan fingerprint density at radius 3 is 2.47 bits per heavy atom. The van der Waals surface area contributed by atoms with E-state index in [1.54, 1.807) is 6.07 Å². The van der Waals surface area contributed by atoms with E-state index < -0.39 is 5.78 Å². The quantitative estimate of drug-likeness (QED) is 0.477. The Hall–Kier alpha value is -1.36. The number of hydrogen-bond donors (Lipinski definition) is 0. The van der Waals surface area contributed by atoms with Crippen LogP contribution in [0.4, 0.5) is 0 Å². The number of methoxy groups -OCH3 is 2. The highest BCUT2D eigenvalue weighted by atomic mass is 79.9. The normalized spacial score (nSPS) is 9.53. The molecule has 0 atom stereocenters. The molecule has 0 spiro atoms. The van der Waals surface area contributed by atoms with Crippen LogP contribution >= 0.6 is 15.9 Å². The number of hydrogen-bond acceptors (Lipinski definition) is 4. The summed E-state index contributed by atoms with van der Waals surface area (Å²) in [4.78, 5) is 21.7. The molecule has 0 aromatic heterocycles. The van der Waals surface area contributed by atoms with Crippen LogP contribution < -0.4 is 9.47 Å². The van der Waals surface area contributed by atoms with Crippen molar-refractivity contribution >= 4 is 28.0 Å². The molecule has 0 amide bonds. The lowest BCUT2D eigenvalue weighted by molar-refractivity contribution is -0.104. The lowest BCUT2D eigenvalue weighted by atomic mass is 10.1. The first-order chi connectivity index (χ1) is 7.13. The predicted octanol–water partition coefficient (Wildman–Crippen LogP) is 1.85. The fourth-order valence-corrected chi connectivity index (χ4v) is 1.67. The van der Waals surface area contributed by atoms with Gasteiger partial charge in [-0.1, -0.05) is 0 Å². The Morgan fingerprint density at radius 1 is 1.33 bits per heavy atom. The number of aldehydes is 1. The zero-order valence-corrected chi connectivity index (χ0v) is 9.83. The van der Waals surface area contributed by atoms with Crippen LogP contribution in [-0.4, -0.2) is 26.3 Å². The van der Waals surface area contributed by atoms with Gasteiger partial charge in [0.15, 0.2) is 6.29 Å². The Kier molecular flexibility index (Phi) is 3.85. The second-order valence-electron chi connectivity index (χ2n) is 2.67. The van der Waals surface area contributed by atoms with Crippen LogP contribution in [0, 0.1) is 0 Å². The van der Waals surface area contributed by atoms with E-state index in [2.05, 4.69) is 15.9 Å². The number of halogens is 1. The molecule has 1 aromatic carbocycles. The molecule has 0 bridgehead atoms. The van der Waals surface area contributed by atoms with Crippen LogP contribution in [0.5, 0.6) is 11.5 Å². The van der Waals surface area contributed by atoms with Gasteiger partial charge in [-0.25, -0.2) is 0 Å². The van der Waals surface area contributed by atoms with E-state index in [4.69, 9.17) is 9.47 Å². The van der Waals surface area contributed by atoms with E-state index >= 15 is 0 Å². The topological polar surface area (TPSA) is 52.6 Å². The van der Waals surface area contributed by atoms with Gasteiger partial charge in [-0.15, -0.1) is 0 Å². The molecular weight excluding hydrogens is 264 g/mol. The fourth-order valence-electron chi connectivity index (χ4n) is 1.08. The molecule has 0 aliphatic heterocycles. The Morgan fingerprint density at radius 2 is 2.00 bits per heavy atom. The van der Waals surface area contributed by atoms with Crippen LogP contribution in [0.2, 0.25) is 0 Å². The van der Waals surface area contributed by atoms with Gasteiger partial charge >= 0.3 is 0 Å². The number of ether oxygens (including phenoxy) is 2. The minimum atomic E-state index is -0.626. The van der Waals surface area contributed by atoms with Crippen molar-refractivity contribution in [1.82, 2.24) is 0 Å². The fraction of sp³-hybridized carbons (Fsp3) is 0.200. The van der Waals surface area contributed by atoms with Gasteiger partial charge in [-0.2, -0.15) is 0 Å². The zero-order valence-electron chi connectivity index (χ0n) is 8.24. The lowest BCUT2D eigenvalue weighted by Crippen LogP contribution is -2.03. The number of Topliss-reactive ketones (excluding diaryl/α,β-unsaturated/α-hetero) is 1.